The molecule has 0 radical (unpaired) electrons. The molecule has 3 rings (SSSR count). The van der Waals surface area contributed by atoms with Gasteiger partial charge in [-0.2, -0.15) is 9.97 Å². The molecule has 2 aromatic heterocycles. The van der Waals surface area contributed by atoms with E-state index in [2.05, 4.69) is 20.3 Å². The summed E-state index contributed by atoms with van der Waals surface area (Å²) < 4.78 is 1.78. The topological polar surface area (TPSA) is 122 Å². The predicted molar refractivity (Wildman–Crippen MR) is 74.8 cm³/mol. The summed E-state index contributed by atoms with van der Waals surface area (Å²) >= 11 is 0. The first kappa shape index (κ1) is 12.8. The molecule has 1 aliphatic rings. The Balaban J connectivity index is 1.99. The second-order valence-corrected chi connectivity index (χ2v) is 4.69. The Kier molecular flexibility index (Phi) is 3.25. The average Bonchev–Trinajstić information content (AvgIpc) is 3.08. The highest BCUT2D eigenvalue weighted by atomic mass is 16.3. The molecule has 1 atom stereocenters. The minimum Gasteiger partial charge on any atom is -0.396 e. The van der Waals surface area contributed by atoms with Gasteiger partial charge in [0.1, 0.15) is 6.33 Å². The molecule has 0 bridgehead atoms. The molecule has 0 amide bonds. The molecule has 106 valence electrons. The maximum absolute atomic E-state index is 9.06. The molecule has 8 nitrogen and oxygen atoms in total. The lowest BCUT2D eigenvalue weighted by Crippen LogP contribution is -2.09. The lowest BCUT2D eigenvalue weighted by atomic mass is 10.4. The van der Waals surface area contributed by atoms with Crippen molar-refractivity contribution >= 4 is 29.1 Å². The number of fused-ring (bicyclic) bond motifs is 1. The van der Waals surface area contributed by atoms with Crippen molar-refractivity contribution in [3.8, 4) is 0 Å². The van der Waals surface area contributed by atoms with Crippen LogP contribution in [0, 0.1) is 5.92 Å². The van der Waals surface area contributed by atoms with Crippen molar-refractivity contribution in [3.63, 3.8) is 0 Å². The van der Waals surface area contributed by atoms with Gasteiger partial charge in [-0.3, -0.25) is 4.57 Å². The lowest BCUT2D eigenvalue weighted by molar-refractivity contribution is 0.281. The van der Waals surface area contributed by atoms with E-state index in [-0.39, 0.29) is 25.1 Å². The van der Waals surface area contributed by atoms with E-state index in [9.17, 15) is 0 Å². The third-order valence-electron chi connectivity index (χ3n) is 3.21. The molecule has 0 saturated heterocycles. The predicted octanol–water partition coefficient (Wildman–Crippen LogP) is -0.334. The first-order valence-electron chi connectivity index (χ1n) is 6.39. The van der Waals surface area contributed by atoms with Gasteiger partial charge in [-0.05, 0) is 12.0 Å². The minimum atomic E-state index is -0.00561. The van der Waals surface area contributed by atoms with Gasteiger partial charge in [-0.1, -0.05) is 0 Å². The van der Waals surface area contributed by atoms with E-state index >= 15 is 0 Å². The Morgan fingerprint density at radius 1 is 1.45 bits per heavy atom. The molecular weight excluding hydrogens is 260 g/mol. The number of nitrogens with zero attached hydrogens (tertiary/aromatic N) is 4. The first-order valence-corrected chi connectivity index (χ1v) is 6.39. The van der Waals surface area contributed by atoms with Gasteiger partial charge in [0.15, 0.2) is 17.0 Å². The largest absolute Gasteiger partial charge is 0.396 e. The van der Waals surface area contributed by atoms with Gasteiger partial charge in [-0.15, -0.1) is 0 Å². The maximum Gasteiger partial charge on any atom is 0.224 e. The third kappa shape index (κ3) is 2.30. The van der Waals surface area contributed by atoms with Crippen molar-refractivity contribution < 1.29 is 10.2 Å². The number of nitrogens with one attached hydrogen (secondary N) is 1. The second-order valence-electron chi connectivity index (χ2n) is 4.69. The average molecular weight is 276 g/mol. The smallest absolute Gasteiger partial charge is 0.224 e. The summed E-state index contributed by atoms with van der Waals surface area (Å²) in [7, 11) is 0. The normalized spacial score (nSPS) is 19.7. The summed E-state index contributed by atoms with van der Waals surface area (Å²) in [6.07, 6.45) is 4.45. The van der Waals surface area contributed by atoms with Crippen LogP contribution in [0.2, 0.25) is 0 Å². The van der Waals surface area contributed by atoms with E-state index < -0.39 is 0 Å². The highest BCUT2D eigenvalue weighted by Gasteiger charge is 2.29. The van der Waals surface area contributed by atoms with Crippen LogP contribution in [0.25, 0.3) is 17.4 Å². The summed E-state index contributed by atoms with van der Waals surface area (Å²) in [5, 5.41) is 20.9. The second kappa shape index (κ2) is 5.06. The Morgan fingerprint density at radius 2 is 2.30 bits per heavy atom. The van der Waals surface area contributed by atoms with Gasteiger partial charge in [0.25, 0.3) is 0 Å². The fourth-order valence-electron chi connectivity index (χ4n) is 2.07. The SMILES string of the molecule is Nc1nc(NCCO)c2ncn(/C=C3/C[C@@H]3CO)c2n1. The van der Waals surface area contributed by atoms with E-state index in [4.69, 9.17) is 15.9 Å². The molecule has 0 aliphatic heterocycles. The van der Waals surface area contributed by atoms with Gasteiger partial charge in [0, 0.05) is 25.3 Å². The van der Waals surface area contributed by atoms with Crippen LogP contribution in [0.5, 0.6) is 0 Å². The van der Waals surface area contributed by atoms with E-state index in [1.165, 1.54) is 0 Å². The van der Waals surface area contributed by atoms with Gasteiger partial charge >= 0.3 is 0 Å². The van der Waals surface area contributed by atoms with Crippen LogP contribution in [-0.4, -0.2) is 49.5 Å². The summed E-state index contributed by atoms with van der Waals surface area (Å²) in [6, 6.07) is 0. The number of aliphatic hydroxyl groups is 2. The van der Waals surface area contributed by atoms with Crippen molar-refractivity contribution in [1.82, 2.24) is 19.5 Å². The Labute approximate surface area is 115 Å². The molecule has 2 heterocycles. The van der Waals surface area contributed by atoms with Crippen LogP contribution in [0.15, 0.2) is 11.9 Å². The number of aliphatic hydroxyl groups excluding tert-OH is 2. The van der Waals surface area contributed by atoms with E-state index in [0.29, 0.717) is 23.5 Å². The number of nitrogen functional groups attached to an aromatic ring is 1. The zero-order valence-corrected chi connectivity index (χ0v) is 10.8. The van der Waals surface area contributed by atoms with Crippen molar-refractivity contribution in [1.29, 1.82) is 0 Å². The zero-order valence-electron chi connectivity index (χ0n) is 10.8. The van der Waals surface area contributed by atoms with Crippen LogP contribution in [-0.2, 0) is 0 Å². The molecular formula is C12H16N6O2. The Morgan fingerprint density at radius 3 is 3.00 bits per heavy atom. The number of rotatable bonds is 5. The molecule has 20 heavy (non-hydrogen) atoms. The van der Waals surface area contributed by atoms with Gasteiger partial charge in [-0.25, -0.2) is 4.98 Å². The maximum atomic E-state index is 9.06. The minimum absolute atomic E-state index is 0.00561. The highest BCUT2D eigenvalue weighted by molar-refractivity contribution is 5.85. The zero-order chi connectivity index (χ0) is 14.1. The van der Waals surface area contributed by atoms with Crippen molar-refractivity contribution in [2.45, 2.75) is 6.42 Å². The van der Waals surface area contributed by atoms with Gasteiger partial charge < -0.3 is 21.3 Å². The standard InChI is InChI=1S/C12H16N6O2/c13-12-16-10(14-1-2-19)9-11(17-12)18(6-15-9)4-7-3-8(7)5-20/h4,6,8,19-20H,1-3,5H2,(H3,13,14,16,17)/b7-4-/t8-/m1/s1. The number of anilines is 2. The summed E-state index contributed by atoms with van der Waals surface area (Å²) in [5.74, 6) is 0.902. The fourth-order valence-corrected chi connectivity index (χ4v) is 2.07. The molecule has 5 N–H and O–H groups in total. The molecule has 0 aromatic carbocycles. The van der Waals surface area contributed by atoms with Crippen molar-refractivity contribution in [2.75, 3.05) is 30.8 Å². The lowest BCUT2D eigenvalue weighted by Gasteiger charge is -2.05. The van der Waals surface area contributed by atoms with Gasteiger partial charge in [0.2, 0.25) is 5.95 Å². The summed E-state index contributed by atoms with van der Waals surface area (Å²) in [5.41, 5.74) is 8.07. The van der Waals surface area contributed by atoms with Crippen LogP contribution in [0.4, 0.5) is 11.8 Å². The van der Waals surface area contributed by atoms with Crippen LogP contribution >= 0.6 is 0 Å². The molecule has 8 heteroatoms. The number of nitrogens with two attached hydrogens (primary N) is 1. The third-order valence-corrected chi connectivity index (χ3v) is 3.21. The fraction of sp³-hybridized carbons (Fsp3) is 0.417. The molecule has 0 spiro atoms. The molecule has 0 unspecified atom stereocenters. The first-order chi connectivity index (χ1) is 9.72. The van der Waals surface area contributed by atoms with Crippen LogP contribution < -0.4 is 11.1 Å². The monoisotopic (exact) mass is 276 g/mol. The molecule has 1 fully saturated rings. The van der Waals surface area contributed by atoms with E-state index in [0.717, 1.165) is 12.0 Å². The van der Waals surface area contributed by atoms with E-state index in [1.54, 1.807) is 10.9 Å². The van der Waals surface area contributed by atoms with Crippen LogP contribution in [0.3, 0.4) is 0 Å². The Bertz CT molecular complexity index is 665. The molecule has 2 aromatic rings. The number of imidazole rings is 1. The van der Waals surface area contributed by atoms with Gasteiger partial charge in [0.05, 0.1) is 6.61 Å². The summed E-state index contributed by atoms with van der Waals surface area (Å²) in [6.45, 7) is 0.527. The van der Waals surface area contributed by atoms with Crippen LogP contribution in [0.1, 0.15) is 6.42 Å². The number of aromatic nitrogens is 4. The van der Waals surface area contributed by atoms with Crippen molar-refractivity contribution in [2.24, 2.45) is 5.92 Å². The van der Waals surface area contributed by atoms with E-state index in [1.807, 2.05) is 6.20 Å². The number of hydrogen-bond donors (Lipinski definition) is 4. The Hall–Kier alpha value is -2.19. The molecule has 1 saturated carbocycles. The number of hydrogen-bond acceptors (Lipinski definition) is 7. The highest BCUT2D eigenvalue weighted by Crippen LogP contribution is 2.37. The summed E-state index contributed by atoms with van der Waals surface area (Å²) in [4.78, 5) is 12.6. The quantitative estimate of drug-likeness (QED) is 0.589. The van der Waals surface area contributed by atoms with Crippen molar-refractivity contribution in [3.05, 3.63) is 11.9 Å². The molecule has 1 aliphatic carbocycles.